The second-order valence-corrected chi connectivity index (χ2v) is 9.38. The number of aromatic nitrogens is 2. The van der Waals surface area contributed by atoms with Gasteiger partial charge in [-0.2, -0.15) is 5.10 Å². The normalized spacial score (nSPS) is 18.4. The van der Waals surface area contributed by atoms with E-state index in [0.29, 0.717) is 18.4 Å². The van der Waals surface area contributed by atoms with Gasteiger partial charge in [-0.15, -0.1) is 11.8 Å². The zero-order chi connectivity index (χ0) is 23.2. The van der Waals surface area contributed by atoms with Crippen molar-refractivity contribution >= 4 is 17.7 Å². The van der Waals surface area contributed by atoms with Gasteiger partial charge in [-0.05, 0) is 61.5 Å². The summed E-state index contributed by atoms with van der Waals surface area (Å²) in [5.74, 6) is -0.232. The van der Waals surface area contributed by atoms with Gasteiger partial charge >= 0.3 is 5.97 Å². The average molecular weight is 469 g/mol. The molecule has 0 unspecified atom stereocenters. The lowest BCUT2D eigenvalue weighted by atomic mass is 9.82. The number of benzene rings is 2. The van der Waals surface area contributed by atoms with Crippen molar-refractivity contribution in [3.8, 4) is 22.4 Å². The molecule has 174 valence electrons. The highest BCUT2D eigenvalue weighted by Gasteiger charge is 2.26. The minimum atomic E-state index is -0.918. The largest absolute Gasteiger partial charge is 0.480 e. The van der Waals surface area contributed by atoms with Gasteiger partial charge in [-0.25, -0.2) is 9.18 Å². The Morgan fingerprint density at radius 2 is 1.73 bits per heavy atom. The molecule has 0 spiro atoms. The van der Waals surface area contributed by atoms with Gasteiger partial charge in [0.15, 0.2) is 0 Å². The van der Waals surface area contributed by atoms with Crippen LogP contribution in [0.4, 0.5) is 4.39 Å². The summed E-state index contributed by atoms with van der Waals surface area (Å²) in [7, 11) is 0. The monoisotopic (exact) mass is 468 g/mol. The van der Waals surface area contributed by atoms with Gasteiger partial charge in [0.1, 0.15) is 23.1 Å². The number of ether oxygens (including phenoxy) is 1. The SMILES string of the molecule is CSc1c(-c2ccc(F)cc2)c(-c2ccccc2)nn1C[C@H]1CC[C@H](COCC(=O)O)CC1. The molecule has 1 heterocycles. The molecule has 5 nitrogen and oxygen atoms in total. The van der Waals surface area contributed by atoms with Gasteiger partial charge in [0.2, 0.25) is 0 Å². The molecule has 1 aliphatic rings. The van der Waals surface area contributed by atoms with Crippen molar-refractivity contribution < 1.29 is 19.0 Å². The van der Waals surface area contributed by atoms with E-state index in [4.69, 9.17) is 14.9 Å². The van der Waals surface area contributed by atoms with Crippen LogP contribution < -0.4 is 0 Å². The molecule has 2 aromatic carbocycles. The molecule has 0 saturated heterocycles. The summed E-state index contributed by atoms with van der Waals surface area (Å²) in [5, 5.41) is 14.9. The van der Waals surface area contributed by atoms with Gasteiger partial charge < -0.3 is 9.84 Å². The molecule has 0 atom stereocenters. The first-order valence-corrected chi connectivity index (χ1v) is 12.5. The molecule has 0 amide bonds. The third-order valence-electron chi connectivity index (χ3n) is 6.26. The Hall–Kier alpha value is -2.64. The zero-order valence-corrected chi connectivity index (χ0v) is 19.6. The molecular weight excluding hydrogens is 439 g/mol. The predicted molar refractivity (Wildman–Crippen MR) is 129 cm³/mol. The molecule has 0 radical (unpaired) electrons. The molecule has 0 aliphatic heterocycles. The molecule has 3 aromatic rings. The first kappa shape index (κ1) is 23.5. The van der Waals surface area contributed by atoms with Crippen molar-refractivity contribution in [3.05, 3.63) is 60.4 Å². The highest BCUT2D eigenvalue weighted by atomic mass is 32.2. The fraction of sp³-hybridized carbons (Fsp3) is 0.385. The van der Waals surface area contributed by atoms with Crippen molar-refractivity contribution in [1.29, 1.82) is 0 Å². The Kier molecular flexibility index (Phi) is 7.83. The number of hydrogen-bond acceptors (Lipinski definition) is 4. The first-order valence-electron chi connectivity index (χ1n) is 11.3. The lowest BCUT2D eigenvalue weighted by Gasteiger charge is -2.28. The van der Waals surface area contributed by atoms with E-state index in [9.17, 15) is 9.18 Å². The summed E-state index contributed by atoms with van der Waals surface area (Å²) in [6.07, 6.45) is 6.28. The van der Waals surface area contributed by atoms with Crippen molar-refractivity contribution in [3.63, 3.8) is 0 Å². The maximum absolute atomic E-state index is 13.6. The summed E-state index contributed by atoms with van der Waals surface area (Å²) in [6, 6.07) is 16.8. The maximum atomic E-state index is 13.6. The van der Waals surface area contributed by atoms with Gasteiger partial charge in [0.25, 0.3) is 0 Å². The van der Waals surface area contributed by atoms with E-state index in [1.807, 2.05) is 30.3 Å². The van der Waals surface area contributed by atoms with E-state index in [2.05, 4.69) is 23.1 Å². The van der Waals surface area contributed by atoms with Crippen molar-refractivity contribution in [2.45, 2.75) is 37.3 Å². The first-order chi connectivity index (χ1) is 16.0. The third kappa shape index (κ3) is 5.84. The molecule has 0 bridgehead atoms. The van der Waals surface area contributed by atoms with E-state index < -0.39 is 5.97 Å². The Morgan fingerprint density at radius 1 is 1.06 bits per heavy atom. The second-order valence-electron chi connectivity index (χ2n) is 8.58. The standard InChI is InChI=1S/C26H29FN2O3S/c1-33-26-24(20-11-13-22(27)14-12-20)25(21-5-3-2-4-6-21)28-29(26)15-18-7-9-19(10-8-18)16-32-17-23(30)31/h2-6,11-14,18-19H,7-10,15-17H2,1H3,(H,30,31)/t18-,19-. The maximum Gasteiger partial charge on any atom is 0.329 e. The molecule has 33 heavy (non-hydrogen) atoms. The van der Waals surface area contributed by atoms with Crippen LogP contribution in [0.3, 0.4) is 0 Å². The van der Waals surface area contributed by atoms with Crippen LogP contribution in [0.25, 0.3) is 22.4 Å². The van der Waals surface area contributed by atoms with Crippen LogP contribution in [-0.4, -0.2) is 40.3 Å². The minimum Gasteiger partial charge on any atom is -0.480 e. The number of carbonyl (C=O) groups is 1. The van der Waals surface area contributed by atoms with Gasteiger partial charge in [0.05, 0.1) is 6.61 Å². The fourth-order valence-corrected chi connectivity index (χ4v) is 5.34. The molecule has 1 saturated carbocycles. The van der Waals surface area contributed by atoms with Crippen LogP contribution in [0.2, 0.25) is 0 Å². The number of thioether (sulfide) groups is 1. The Bertz CT molecular complexity index is 1060. The van der Waals surface area contributed by atoms with E-state index in [1.165, 1.54) is 12.1 Å². The Balaban J connectivity index is 1.55. The summed E-state index contributed by atoms with van der Waals surface area (Å²) in [4.78, 5) is 10.7. The van der Waals surface area contributed by atoms with Gasteiger partial charge in [0, 0.05) is 17.7 Å². The van der Waals surface area contributed by atoms with Crippen molar-refractivity contribution in [1.82, 2.24) is 9.78 Å². The molecule has 1 aliphatic carbocycles. The number of aliphatic carboxylic acids is 1. The second kappa shape index (κ2) is 11.0. The summed E-state index contributed by atoms with van der Waals surface area (Å²) in [6.45, 7) is 1.13. The Morgan fingerprint density at radius 3 is 2.36 bits per heavy atom. The van der Waals surface area contributed by atoms with Crippen molar-refractivity contribution in [2.75, 3.05) is 19.5 Å². The summed E-state index contributed by atoms with van der Waals surface area (Å²) in [5.41, 5.74) is 3.97. The van der Waals surface area contributed by atoms with Gasteiger partial charge in [-0.3, -0.25) is 4.68 Å². The number of carboxylic acids is 1. The predicted octanol–water partition coefficient (Wildman–Crippen LogP) is 5.99. The van der Waals surface area contributed by atoms with Crippen molar-refractivity contribution in [2.24, 2.45) is 11.8 Å². The smallest absolute Gasteiger partial charge is 0.329 e. The van der Waals surface area contributed by atoms with Gasteiger partial charge in [-0.1, -0.05) is 42.5 Å². The molecule has 7 heteroatoms. The number of nitrogens with zero attached hydrogens (tertiary/aromatic N) is 2. The topological polar surface area (TPSA) is 64.4 Å². The highest BCUT2D eigenvalue weighted by molar-refractivity contribution is 7.98. The van der Waals surface area contributed by atoms with Crippen LogP contribution >= 0.6 is 11.8 Å². The van der Waals surface area contributed by atoms with Crippen LogP contribution in [-0.2, 0) is 16.1 Å². The van der Waals surface area contributed by atoms with Crippen LogP contribution in [0, 0.1) is 17.7 Å². The Labute approximate surface area is 198 Å². The molecule has 1 aromatic heterocycles. The highest BCUT2D eigenvalue weighted by Crippen LogP contribution is 2.40. The van der Waals surface area contributed by atoms with E-state index in [0.717, 1.165) is 59.6 Å². The minimum absolute atomic E-state index is 0.223. The fourth-order valence-electron chi connectivity index (χ4n) is 4.59. The third-order valence-corrected chi connectivity index (χ3v) is 7.06. The molecule has 1 N–H and O–H groups in total. The van der Waals surface area contributed by atoms with Crippen LogP contribution in [0.5, 0.6) is 0 Å². The molecule has 1 fully saturated rings. The molecule has 4 rings (SSSR count). The number of hydrogen-bond donors (Lipinski definition) is 1. The lowest BCUT2D eigenvalue weighted by molar-refractivity contribution is -0.142. The number of carboxylic acid groups (broad SMARTS) is 1. The number of halogens is 1. The van der Waals surface area contributed by atoms with Crippen LogP contribution in [0.1, 0.15) is 25.7 Å². The van der Waals surface area contributed by atoms with Crippen LogP contribution in [0.15, 0.2) is 59.6 Å². The lowest BCUT2D eigenvalue weighted by Crippen LogP contribution is -2.23. The summed E-state index contributed by atoms with van der Waals surface area (Å²) < 4.78 is 21.0. The molecular formula is C26H29FN2O3S. The van der Waals surface area contributed by atoms with E-state index in [-0.39, 0.29) is 12.4 Å². The quantitative estimate of drug-likeness (QED) is 0.391. The van der Waals surface area contributed by atoms with E-state index >= 15 is 0 Å². The number of rotatable bonds is 9. The van der Waals surface area contributed by atoms with E-state index in [1.54, 1.807) is 11.8 Å². The summed E-state index contributed by atoms with van der Waals surface area (Å²) >= 11 is 1.67. The average Bonchev–Trinajstić information content (AvgIpc) is 3.19. The zero-order valence-electron chi connectivity index (χ0n) is 18.7.